The fourth-order valence-electron chi connectivity index (χ4n) is 9.16. The number of thiophene rings is 1. The van der Waals surface area contributed by atoms with E-state index in [4.69, 9.17) is 0 Å². The summed E-state index contributed by atoms with van der Waals surface area (Å²) in [5.41, 5.74) is 17.3. The van der Waals surface area contributed by atoms with E-state index in [2.05, 4.69) is 180 Å². The maximum absolute atomic E-state index is 2.68. The molecule has 0 saturated heterocycles. The van der Waals surface area contributed by atoms with E-state index in [0.717, 1.165) is 0 Å². The lowest BCUT2D eigenvalue weighted by molar-refractivity contribution is 0.590. The molecule has 1 aromatic heterocycles. The van der Waals surface area contributed by atoms with Crippen LogP contribution in [0, 0.1) is 0 Å². The Morgan fingerprint density at radius 2 is 1.27 bits per heavy atom. The number of anilines is 5. The number of para-hydroxylation sites is 2. The van der Waals surface area contributed by atoms with Crippen LogP contribution in [0.5, 0.6) is 0 Å². The molecular weight excluding hydrogens is 635 g/mol. The lowest BCUT2D eigenvalue weighted by atomic mass is 9.42. The third-order valence-corrected chi connectivity index (χ3v) is 13.1. The minimum Gasteiger partial charge on any atom is -0.376 e. The van der Waals surface area contributed by atoms with Gasteiger partial charge in [0.1, 0.15) is 0 Å². The maximum Gasteiger partial charge on any atom is 0.333 e. The van der Waals surface area contributed by atoms with Gasteiger partial charge in [-0.3, -0.25) is 0 Å². The third kappa shape index (κ3) is 4.23. The summed E-state index contributed by atoms with van der Waals surface area (Å²) in [5, 5.41) is 2.68. The smallest absolute Gasteiger partial charge is 0.333 e. The number of rotatable bonds is 1. The molecule has 3 aliphatic heterocycles. The van der Waals surface area contributed by atoms with Crippen LogP contribution < -0.4 is 20.6 Å². The van der Waals surface area contributed by atoms with Gasteiger partial charge in [0.15, 0.2) is 0 Å². The van der Waals surface area contributed by atoms with Gasteiger partial charge >= 0.3 is 6.85 Å². The van der Waals surface area contributed by atoms with Gasteiger partial charge in [0.05, 0.1) is 5.69 Å². The number of nitrogens with zero attached hydrogens (tertiary/aromatic N) is 2. The Morgan fingerprint density at radius 3 is 2.04 bits per heavy atom. The zero-order valence-electron chi connectivity index (χ0n) is 30.8. The molecule has 0 atom stereocenters. The van der Waals surface area contributed by atoms with Crippen LogP contribution in [0.3, 0.4) is 0 Å². The summed E-state index contributed by atoms with van der Waals surface area (Å²) in [6, 6.07) is 44.6. The van der Waals surface area contributed by atoms with Crippen LogP contribution in [-0.4, -0.2) is 6.85 Å². The van der Waals surface area contributed by atoms with Crippen molar-refractivity contribution < 1.29 is 0 Å². The highest BCUT2D eigenvalue weighted by Crippen LogP contribution is 2.56. The first-order valence-electron chi connectivity index (χ1n) is 18.4. The fraction of sp³-hybridized carbons (Fsp3) is 0.234. The number of fused-ring (bicyclic) bond motifs is 9. The van der Waals surface area contributed by atoms with E-state index in [9.17, 15) is 0 Å². The van der Waals surface area contributed by atoms with Crippen molar-refractivity contribution in [3.63, 3.8) is 0 Å². The first-order chi connectivity index (χ1) is 24.3. The highest BCUT2D eigenvalue weighted by atomic mass is 32.1. The molecule has 0 bridgehead atoms. The van der Waals surface area contributed by atoms with Gasteiger partial charge in [0.25, 0.3) is 0 Å². The van der Waals surface area contributed by atoms with E-state index < -0.39 is 0 Å². The molecule has 51 heavy (non-hydrogen) atoms. The van der Waals surface area contributed by atoms with Crippen molar-refractivity contribution in [3.05, 3.63) is 138 Å². The standard InChI is InChI=1S/C47H43BN2S/c1-45(2,3)28-20-22-30(23-21-28)50-39-27-42-33(31-14-9-12-19-41(31)51-42)26-32(39)34-24-29(46(4,5)6)25-40-43(34)48(50)37-17-13-16-36-44(37)49(40)38-18-11-10-15-35(38)47(36,7)8/h9-27H,1-8H3. The van der Waals surface area contributed by atoms with Gasteiger partial charge in [0, 0.05) is 53.9 Å². The number of benzene rings is 6. The minimum absolute atomic E-state index is 0.0103. The highest BCUT2D eigenvalue weighted by molar-refractivity contribution is 7.25. The molecule has 0 spiro atoms. The Hall–Kier alpha value is -4.80. The second-order valence-electron chi connectivity index (χ2n) is 17.5. The summed E-state index contributed by atoms with van der Waals surface area (Å²) < 4.78 is 2.68. The van der Waals surface area contributed by atoms with Gasteiger partial charge in [-0.1, -0.05) is 128 Å². The molecule has 4 heterocycles. The summed E-state index contributed by atoms with van der Waals surface area (Å²) in [5.74, 6) is 0. The van der Waals surface area contributed by atoms with Crippen LogP contribution in [0.15, 0.2) is 115 Å². The Balaban J connectivity index is 1.37. The van der Waals surface area contributed by atoms with Gasteiger partial charge in [-0.05, 0) is 92.0 Å². The lowest BCUT2D eigenvalue weighted by Gasteiger charge is -2.50. The molecule has 0 unspecified atom stereocenters. The van der Waals surface area contributed by atoms with Crippen molar-refractivity contribution >= 4 is 77.7 Å². The van der Waals surface area contributed by atoms with Crippen LogP contribution in [0.25, 0.3) is 31.3 Å². The summed E-state index contributed by atoms with van der Waals surface area (Å²) in [7, 11) is 0. The average molecular weight is 679 g/mol. The van der Waals surface area contributed by atoms with Gasteiger partial charge in [-0.2, -0.15) is 0 Å². The van der Waals surface area contributed by atoms with E-state index in [1.54, 1.807) is 0 Å². The Bertz CT molecular complexity index is 2600. The van der Waals surface area contributed by atoms with Crippen LogP contribution in [0.4, 0.5) is 28.4 Å². The van der Waals surface area contributed by atoms with Gasteiger partial charge in [-0.15, -0.1) is 11.3 Å². The predicted molar refractivity (Wildman–Crippen MR) is 223 cm³/mol. The van der Waals surface area contributed by atoms with Crippen LogP contribution in [0.1, 0.15) is 77.6 Å². The zero-order chi connectivity index (χ0) is 35.2. The van der Waals surface area contributed by atoms with Crippen LogP contribution in [0.2, 0.25) is 0 Å². The van der Waals surface area contributed by atoms with Crippen molar-refractivity contribution in [2.75, 3.05) is 9.71 Å². The van der Waals surface area contributed by atoms with Gasteiger partial charge in [0.2, 0.25) is 0 Å². The second kappa shape index (κ2) is 10.2. The molecule has 0 N–H and O–H groups in total. The summed E-state index contributed by atoms with van der Waals surface area (Å²) >= 11 is 1.91. The van der Waals surface area contributed by atoms with E-state index in [1.807, 2.05) is 11.3 Å². The van der Waals surface area contributed by atoms with Crippen LogP contribution in [-0.2, 0) is 16.2 Å². The molecule has 0 saturated carbocycles. The largest absolute Gasteiger partial charge is 0.376 e. The molecule has 10 rings (SSSR count). The average Bonchev–Trinajstić information content (AvgIpc) is 3.47. The minimum atomic E-state index is -0.143. The quantitative estimate of drug-likeness (QED) is 0.160. The topological polar surface area (TPSA) is 6.48 Å². The molecule has 0 fully saturated rings. The molecular formula is C47H43BN2S. The fourth-order valence-corrected chi connectivity index (χ4v) is 10.3. The summed E-state index contributed by atoms with van der Waals surface area (Å²) in [6.07, 6.45) is 0. The Labute approximate surface area is 306 Å². The molecule has 6 aromatic carbocycles. The molecule has 0 amide bonds. The van der Waals surface area contributed by atoms with Crippen molar-refractivity contribution in [2.45, 2.75) is 71.6 Å². The van der Waals surface area contributed by atoms with E-state index in [1.165, 1.54) is 92.9 Å². The number of hydrogen-bond donors (Lipinski definition) is 0. The van der Waals surface area contributed by atoms with Crippen molar-refractivity contribution in [3.8, 4) is 11.1 Å². The van der Waals surface area contributed by atoms with Crippen molar-refractivity contribution in [2.24, 2.45) is 0 Å². The maximum atomic E-state index is 2.68. The van der Waals surface area contributed by atoms with Crippen molar-refractivity contribution in [1.82, 2.24) is 0 Å². The first kappa shape index (κ1) is 31.0. The SMILES string of the molecule is CC(C)(C)c1ccc(N2B3c4cccc5c4N(c4ccccc4C5(C)C)c4cc(C(C)(C)C)cc(c43)-c3cc4c(cc32)sc2ccccc24)cc1. The van der Waals surface area contributed by atoms with Crippen molar-refractivity contribution in [1.29, 1.82) is 0 Å². The summed E-state index contributed by atoms with van der Waals surface area (Å²) in [4.78, 5) is 5.30. The molecule has 3 aliphatic rings. The predicted octanol–water partition coefficient (Wildman–Crippen LogP) is 12.0. The normalized spacial score (nSPS) is 15.5. The van der Waals surface area contributed by atoms with Gasteiger partial charge in [-0.25, -0.2) is 0 Å². The first-order valence-corrected chi connectivity index (χ1v) is 19.2. The monoisotopic (exact) mass is 678 g/mol. The number of hydrogen-bond acceptors (Lipinski definition) is 3. The molecule has 0 radical (unpaired) electrons. The molecule has 250 valence electrons. The zero-order valence-corrected chi connectivity index (χ0v) is 31.7. The molecule has 2 nitrogen and oxygen atoms in total. The Kier molecular flexibility index (Phi) is 6.18. The van der Waals surface area contributed by atoms with Gasteiger partial charge < -0.3 is 9.71 Å². The van der Waals surface area contributed by atoms with Crippen LogP contribution >= 0.6 is 11.3 Å². The lowest BCUT2D eigenvalue weighted by Crippen LogP contribution is -2.62. The highest BCUT2D eigenvalue weighted by Gasteiger charge is 2.49. The molecule has 7 aromatic rings. The molecule has 0 aliphatic carbocycles. The van der Waals surface area contributed by atoms with E-state index in [-0.39, 0.29) is 23.1 Å². The second-order valence-corrected chi connectivity index (χ2v) is 18.5. The summed E-state index contributed by atoms with van der Waals surface area (Å²) in [6.45, 7) is 18.8. The van der Waals surface area contributed by atoms with E-state index in [0.29, 0.717) is 0 Å². The Morgan fingerprint density at radius 1 is 0.569 bits per heavy atom. The third-order valence-electron chi connectivity index (χ3n) is 11.9. The molecule has 4 heteroatoms. The van der Waals surface area contributed by atoms with E-state index >= 15 is 0 Å².